The number of Topliss-reactive ketones (excluding diaryl/α,β-unsaturated/α-hetero) is 2. The summed E-state index contributed by atoms with van der Waals surface area (Å²) in [7, 11) is 0. The summed E-state index contributed by atoms with van der Waals surface area (Å²) in [5.41, 5.74) is 11.9. The van der Waals surface area contributed by atoms with Gasteiger partial charge in [0.15, 0.2) is 11.6 Å². The number of anilines is 2. The normalized spacial score (nSPS) is 18.1. The van der Waals surface area contributed by atoms with Crippen LogP contribution in [0, 0.1) is 22.7 Å². The van der Waals surface area contributed by atoms with Gasteiger partial charge in [-0.25, -0.2) is 4.98 Å². The third-order valence-corrected chi connectivity index (χ3v) is 8.19. The summed E-state index contributed by atoms with van der Waals surface area (Å²) >= 11 is 6.73. The highest BCUT2D eigenvalue weighted by molar-refractivity contribution is 9.10. The first kappa shape index (κ1) is 27.5. The van der Waals surface area contributed by atoms with Gasteiger partial charge in [-0.2, -0.15) is 10.5 Å². The monoisotopic (exact) mass is 660 g/mol. The minimum Gasteiger partial charge on any atom is -0.398 e. The van der Waals surface area contributed by atoms with Crippen molar-refractivity contribution < 1.29 is 14.3 Å². The molecule has 1 fully saturated rings. The number of halogens is 2. The summed E-state index contributed by atoms with van der Waals surface area (Å²) in [5.74, 6) is -0.698. The van der Waals surface area contributed by atoms with E-state index in [4.69, 9.17) is 16.2 Å². The Morgan fingerprint density at radius 1 is 0.975 bits per heavy atom. The zero-order valence-electron chi connectivity index (χ0n) is 21.1. The van der Waals surface area contributed by atoms with Crippen molar-refractivity contribution in [2.75, 3.05) is 36.9 Å². The van der Waals surface area contributed by atoms with E-state index in [9.17, 15) is 20.1 Å². The number of nitrogens with two attached hydrogens (primary N) is 2. The molecule has 40 heavy (non-hydrogen) atoms. The molecule has 1 atom stereocenters. The van der Waals surface area contributed by atoms with E-state index in [2.05, 4.69) is 49.0 Å². The molecule has 0 amide bonds. The summed E-state index contributed by atoms with van der Waals surface area (Å²) in [5, 5.41) is 21.3. The Balaban J connectivity index is 1.77. The molecule has 2 aromatic carbocycles. The standard InChI is InChI=1S/C29H22Br2N6O3/c30-18-5-1-16(2-6-18)21(38)13-29(15-33)23-20(14-32)28(37-9-11-40-12-10-37)36-27(35)22(23)25(34)24(29)26(39)17-3-7-19(31)8-4-17/h1-8H,9-13,34H2,(H2,35,36). The number of hydrogen-bond acceptors (Lipinski definition) is 9. The van der Waals surface area contributed by atoms with Gasteiger partial charge in [0.05, 0.1) is 25.0 Å². The summed E-state index contributed by atoms with van der Waals surface area (Å²) in [6.07, 6.45) is -0.433. The Morgan fingerprint density at radius 2 is 1.55 bits per heavy atom. The van der Waals surface area contributed by atoms with E-state index in [1.807, 2.05) is 4.90 Å². The fourth-order valence-corrected chi connectivity index (χ4v) is 5.78. The first-order valence-corrected chi connectivity index (χ1v) is 13.9. The van der Waals surface area contributed by atoms with Gasteiger partial charge in [-0.15, -0.1) is 0 Å². The summed E-state index contributed by atoms with van der Waals surface area (Å²) in [6, 6.07) is 17.7. The maximum Gasteiger partial charge on any atom is 0.193 e. The molecule has 1 aromatic heterocycles. The molecule has 1 aliphatic carbocycles. The molecule has 0 spiro atoms. The van der Waals surface area contributed by atoms with Crippen LogP contribution in [-0.4, -0.2) is 42.9 Å². The molecule has 3 aromatic rings. The molecular formula is C29H22Br2N6O3. The fourth-order valence-electron chi connectivity index (χ4n) is 5.25. The second-order valence-electron chi connectivity index (χ2n) is 9.41. The van der Waals surface area contributed by atoms with Crippen LogP contribution >= 0.6 is 31.9 Å². The van der Waals surface area contributed by atoms with Crippen molar-refractivity contribution in [2.24, 2.45) is 5.73 Å². The Bertz CT molecular complexity index is 1650. The van der Waals surface area contributed by atoms with Gasteiger partial charge in [0, 0.05) is 56.3 Å². The number of nitrogen functional groups attached to an aromatic ring is 1. The molecule has 11 heteroatoms. The number of morpholine rings is 1. The van der Waals surface area contributed by atoms with Gasteiger partial charge in [0.25, 0.3) is 0 Å². The highest BCUT2D eigenvalue weighted by Gasteiger charge is 2.53. The average Bonchev–Trinajstić information content (AvgIpc) is 3.22. The number of nitriles is 2. The molecule has 5 rings (SSSR count). The van der Waals surface area contributed by atoms with Crippen LogP contribution in [-0.2, 0) is 10.2 Å². The molecule has 200 valence electrons. The molecule has 1 saturated heterocycles. The van der Waals surface area contributed by atoms with E-state index >= 15 is 0 Å². The van der Waals surface area contributed by atoms with Gasteiger partial charge < -0.3 is 21.1 Å². The molecule has 0 radical (unpaired) electrons. The molecule has 9 nitrogen and oxygen atoms in total. The number of ketones is 2. The largest absolute Gasteiger partial charge is 0.398 e. The topological polar surface area (TPSA) is 159 Å². The van der Waals surface area contributed by atoms with Crippen molar-refractivity contribution in [3.05, 3.63) is 90.9 Å². The first-order chi connectivity index (χ1) is 19.2. The summed E-state index contributed by atoms with van der Waals surface area (Å²) in [4.78, 5) is 34.1. The Morgan fingerprint density at radius 3 is 2.10 bits per heavy atom. The lowest BCUT2D eigenvalue weighted by molar-refractivity contribution is 0.0961. The highest BCUT2D eigenvalue weighted by atomic mass is 79.9. The lowest BCUT2D eigenvalue weighted by atomic mass is 9.70. The number of nitrogens with zero attached hydrogens (tertiary/aromatic N) is 4. The van der Waals surface area contributed by atoms with Gasteiger partial charge in [0.1, 0.15) is 28.7 Å². The van der Waals surface area contributed by atoms with Crippen molar-refractivity contribution >= 4 is 60.8 Å². The Labute approximate surface area is 247 Å². The maximum absolute atomic E-state index is 14.1. The predicted molar refractivity (Wildman–Crippen MR) is 156 cm³/mol. The summed E-state index contributed by atoms with van der Waals surface area (Å²) < 4.78 is 6.99. The van der Waals surface area contributed by atoms with Crippen LogP contribution in [0.2, 0.25) is 0 Å². The SMILES string of the molecule is N#Cc1c(N2CCOCC2)nc(N)c2c1C(C#N)(CC(=O)c1ccc(Br)cc1)C(C(=O)c1ccc(Br)cc1)=C2N. The van der Waals surface area contributed by atoms with Crippen LogP contribution in [0.15, 0.2) is 63.0 Å². The van der Waals surface area contributed by atoms with Crippen molar-refractivity contribution in [2.45, 2.75) is 11.8 Å². The fraction of sp³-hybridized carbons (Fsp3) is 0.207. The van der Waals surface area contributed by atoms with Crippen LogP contribution in [0.25, 0.3) is 5.70 Å². The smallest absolute Gasteiger partial charge is 0.193 e. The Hall–Kier alpha value is -4.03. The third-order valence-electron chi connectivity index (χ3n) is 7.14. The van der Waals surface area contributed by atoms with Crippen LogP contribution in [0.4, 0.5) is 11.6 Å². The number of benzene rings is 2. The minimum atomic E-state index is -1.89. The van der Waals surface area contributed by atoms with Gasteiger partial charge in [-0.1, -0.05) is 44.0 Å². The van der Waals surface area contributed by atoms with E-state index in [0.717, 1.165) is 8.95 Å². The van der Waals surface area contributed by atoms with E-state index < -0.39 is 23.4 Å². The maximum atomic E-state index is 14.1. The quantitative estimate of drug-likeness (QED) is 0.363. The second-order valence-corrected chi connectivity index (χ2v) is 11.2. The number of carbonyl (C=O) groups excluding carboxylic acids is 2. The van der Waals surface area contributed by atoms with Crippen LogP contribution in [0.5, 0.6) is 0 Å². The van der Waals surface area contributed by atoms with Crippen LogP contribution in [0.3, 0.4) is 0 Å². The average molecular weight is 662 g/mol. The van der Waals surface area contributed by atoms with E-state index in [-0.39, 0.29) is 45.2 Å². The number of aromatic nitrogens is 1. The van der Waals surface area contributed by atoms with Crippen molar-refractivity contribution in [3.63, 3.8) is 0 Å². The first-order valence-electron chi connectivity index (χ1n) is 12.3. The number of carbonyl (C=O) groups is 2. The number of allylic oxidation sites excluding steroid dienone is 1. The Kier molecular flexibility index (Phi) is 7.47. The number of pyridine rings is 1. The molecular weight excluding hydrogens is 640 g/mol. The van der Waals surface area contributed by atoms with Crippen LogP contribution < -0.4 is 16.4 Å². The molecule has 0 bridgehead atoms. The zero-order chi connectivity index (χ0) is 28.6. The molecule has 0 saturated carbocycles. The predicted octanol–water partition coefficient (Wildman–Crippen LogP) is 4.50. The number of ether oxygens (including phenoxy) is 1. The zero-order valence-corrected chi connectivity index (χ0v) is 24.3. The molecule has 1 unspecified atom stereocenters. The van der Waals surface area contributed by atoms with Gasteiger partial charge in [-0.05, 0) is 36.4 Å². The third kappa shape index (κ3) is 4.56. The number of rotatable bonds is 6. The molecule has 2 heterocycles. The second kappa shape index (κ2) is 10.9. The van der Waals surface area contributed by atoms with Crippen molar-refractivity contribution in [1.82, 2.24) is 4.98 Å². The van der Waals surface area contributed by atoms with Gasteiger partial charge in [-0.3, -0.25) is 9.59 Å². The van der Waals surface area contributed by atoms with Crippen molar-refractivity contribution in [3.8, 4) is 12.1 Å². The van der Waals surface area contributed by atoms with E-state index in [1.54, 1.807) is 48.5 Å². The molecule has 2 aliphatic rings. The van der Waals surface area contributed by atoms with E-state index in [0.29, 0.717) is 31.9 Å². The lowest BCUT2D eigenvalue weighted by Gasteiger charge is -2.31. The van der Waals surface area contributed by atoms with Crippen LogP contribution in [0.1, 0.15) is 43.8 Å². The lowest BCUT2D eigenvalue weighted by Crippen LogP contribution is -2.38. The number of fused-ring (bicyclic) bond motifs is 1. The van der Waals surface area contributed by atoms with E-state index in [1.165, 1.54) is 0 Å². The highest BCUT2D eigenvalue weighted by Crippen LogP contribution is 2.52. The number of hydrogen-bond donors (Lipinski definition) is 2. The van der Waals surface area contributed by atoms with Gasteiger partial charge in [0.2, 0.25) is 0 Å². The minimum absolute atomic E-state index is 0.0256. The molecule has 1 aliphatic heterocycles. The summed E-state index contributed by atoms with van der Waals surface area (Å²) in [6.45, 7) is 1.74. The molecule has 4 N–H and O–H groups in total. The van der Waals surface area contributed by atoms with Gasteiger partial charge >= 0.3 is 0 Å². The van der Waals surface area contributed by atoms with Crippen molar-refractivity contribution in [1.29, 1.82) is 10.5 Å².